The Kier molecular flexibility index (Phi) is 2.78. The molecule has 0 unspecified atom stereocenters. The molecular weight excluding hydrogens is 280 g/mol. The summed E-state index contributed by atoms with van der Waals surface area (Å²) in [6.45, 7) is 0. The summed E-state index contributed by atoms with van der Waals surface area (Å²) >= 11 is 0. The molecule has 0 amide bonds. The highest BCUT2D eigenvalue weighted by atomic mass is 15.4. The quantitative estimate of drug-likeness (QED) is 0.456. The SMILES string of the molecule is Cn1cc2c(n1)c(N/N=C/c1ccccc1)nn1cnnc21. The highest BCUT2D eigenvalue weighted by Crippen LogP contribution is 2.22. The van der Waals surface area contributed by atoms with Gasteiger partial charge in [-0.3, -0.25) is 10.1 Å². The fraction of sp³-hybridized carbons (Fsp3) is 0.0714. The normalized spacial score (nSPS) is 11.7. The van der Waals surface area contributed by atoms with Crippen molar-refractivity contribution < 1.29 is 0 Å². The van der Waals surface area contributed by atoms with Crippen LogP contribution in [0, 0.1) is 0 Å². The number of hydrogen-bond donors (Lipinski definition) is 1. The van der Waals surface area contributed by atoms with Crippen molar-refractivity contribution in [3.05, 3.63) is 48.4 Å². The van der Waals surface area contributed by atoms with Crippen LogP contribution in [0.3, 0.4) is 0 Å². The van der Waals surface area contributed by atoms with Crippen LogP contribution in [0.1, 0.15) is 5.56 Å². The average molecular weight is 292 g/mol. The molecule has 0 saturated heterocycles. The van der Waals surface area contributed by atoms with Crippen LogP contribution in [0.15, 0.2) is 48.0 Å². The Balaban J connectivity index is 1.75. The molecule has 0 radical (unpaired) electrons. The van der Waals surface area contributed by atoms with E-state index in [1.807, 2.05) is 43.6 Å². The molecular formula is C14H12N8. The Bertz CT molecular complexity index is 967. The number of aryl methyl sites for hydroxylation is 1. The lowest BCUT2D eigenvalue weighted by Gasteiger charge is -2.01. The van der Waals surface area contributed by atoms with Gasteiger partial charge in [0.2, 0.25) is 0 Å². The van der Waals surface area contributed by atoms with Gasteiger partial charge in [-0.1, -0.05) is 30.3 Å². The summed E-state index contributed by atoms with van der Waals surface area (Å²) in [5, 5.41) is 21.8. The van der Waals surface area contributed by atoms with E-state index in [1.165, 1.54) is 0 Å². The van der Waals surface area contributed by atoms with Crippen molar-refractivity contribution in [2.24, 2.45) is 12.1 Å². The van der Waals surface area contributed by atoms with Crippen LogP contribution in [-0.4, -0.2) is 35.8 Å². The van der Waals surface area contributed by atoms with Gasteiger partial charge in [0.15, 0.2) is 11.5 Å². The van der Waals surface area contributed by atoms with Gasteiger partial charge in [0.25, 0.3) is 0 Å². The zero-order valence-electron chi connectivity index (χ0n) is 11.7. The monoisotopic (exact) mass is 292 g/mol. The van der Waals surface area contributed by atoms with E-state index in [9.17, 15) is 0 Å². The maximum absolute atomic E-state index is 4.41. The van der Waals surface area contributed by atoms with Crippen LogP contribution in [0.25, 0.3) is 16.6 Å². The van der Waals surface area contributed by atoms with E-state index in [2.05, 4.69) is 30.9 Å². The molecule has 0 atom stereocenters. The van der Waals surface area contributed by atoms with E-state index >= 15 is 0 Å². The van der Waals surface area contributed by atoms with E-state index in [0.29, 0.717) is 17.0 Å². The van der Waals surface area contributed by atoms with E-state index in [0.717, 1.165) is 10.9 Å². The van der Waals surface area contributed by atoms with Crippen molar-refractivity contribution in [2.75, 3.05) is 5.43 Å². The minimum atomic E-state index is 0.551. The Morgan fingerprint density at radius 3 is 2.91 bits per heavy atom. The molecule has 0 spiro atoms. The first-order valence-corrected chi connectivity index (χ1v) is 6.69. The number of benzene rings is 1. The molecule has 8 heteroatoms. The third kappa shape index (κ3) is 2.06. The lowest BCUT2D eigenvalue weighted by atomic mass is 10.2. The highest BCUT2D eigenvalue weighted by molar-refractivity contribution is 5.97. The number of nitrogens with one attached hydrogen (secondary N) is 1. The summed E-state index contributed by atoms with van der Waals surface area (Å²) in [4.78, 5) is 0. The second-order valence-electron chi connectivity index (χ2n) is 4.79. The van der Waals surface area contributed by atoms with Crippen LogP contribution < -0.4 is 5.43 Å². The number of hydrazone groups is 1. The highest BCUT2D eigenvalue weighted by Gasteiger charge is 2.13. The van der Waals surface area contributed by atoms with Crippen LogP contribution in [-0.2, 0) is 7.05 Å². The summed E-state index contributed by atoms with van der Waals surface area (Å²) in [6, 6.07) is 9.82. The summed E-state index contributed by atoms with van der Waals surface area (Å²) < 4.78 is 3.32. The fourth-order valence-electron chi connectivity index (χ4n) is 2.24. The van der Waals surface area contributed by atoms with Gasteiger partial charge in [0.05, 0.1) is 11.6 Å². The van der Waals surface area contributed by atoms with Crippen LogP contribution in [0.2, 0.25) is 0 Å². The van der Waals surface area contributed by atoms with Crippen molar-refractivity contribution in [1.82, 2.24) is 29.6 Å². The molecule has 1 N–H and O–H groups in total. The zero-order chi connectivity index (χ0) is 14.9. The predicted molar refractivity (Wildman–Crippen MR) is 82.7 cm³/mol. The first-order valence-electron chi connectivity index (χ1n) is 6.69. The lowest BCUT2D eigenvalue weighted by Crippen LogP contribution is -2.00. The van der Waals surface area contributed by atoms with Crippen molar-refractivity contribution in [1.29, 1.82) is 0 Å². The molecule has 1 aromatic carbocycles. The van der Waals surface area contributed by atoms with Gasteiger partial charge in [-0.05, 0) is 5.56 Å². The predicted octanol–water partition coefficient (Wildman–Crippen LogP) is 1.46. The van der Waals surface area contributed by atoms with Crippen molar-refractivity contribution >= 4 is 28.6 Å². The van der Waals surface area contributed by atoms with Gasteiger partial charge in [-0.25, -0.2) is 0 Å². The molecule has 4 aromatic rings. The van der Waals surface area contributed by atoms with Gasteiger partial charge in [-0.2, -0.15) is 14.7 Å². The van der Waals surface area contributed by atoms with Gasteiger partial charge in [-0.15, -0.1) is 15.3 Å². The molecule has 0 saturated carbocycles. The number of nitrogens with zero attached hydrogens (tertiary/aromatic N) is 7. The molecule has 0 fully saturated rings. The van der Waals surface area contributed by atoms with Crippen molar-refractivity contribution in [3.8, 4) is 0 Å². The van der Waals surface area contributed by atoms with Crippen molar-refractivity contribution in [3.63, 3.8) is 0 Å². The Hall–Kier alpha value is -3.29. The van der Waals surface area contributed by atoms with E-state index < -0.39 is 0 Å². The maximum Gasteiger partial charge on any atom is 0.195 e. The fourth-order valence-corrected chi connectivity index (χ4v) is 2.24. The maximum atomic E-state index is 4.41. The second-order valence-corrected chi connectivity index (χ2v) is 4.79. The standard InChI is InChI=1S/C14H12N8/c1-21-8-11-12(19-21)13(20-22-9-16-18-14(11)22)17-15-7-10-5-3-2-4-6-10/h2-9H,1H3,(H,17,20)/b15-7+. The minimum Gasteiger partial charge on any atom is -0.274 e. The smallest absolute Gasteiger partial charge is 0.195 e. The largest absolute Gasteiger partial charge is 0.274 e. The van der Waals surface area contributed by atoms with Gasteiger partial charge < -0.3 is 0 Å². The molecule has 0 bridgehead atoms. The molecule has 22 heavy (non-hydrogen) atoms. The topological polar surface area (TPSA) is 85.3 Å². The third-order valence-corrected chi connectivity index (χ3v) is 3.22. The van der Waals surface area contributed by atoms with E-state index in [-0.39, 0.29) is 0 Å². The molecule has 4 rings (SSSR count). The number of rotatable bonds is 3. The van der Waals surface area contributed by atoms with E-state index in [1.54, 1.807) is 21.7 Å². The molecule has 0 aliphatic rings. The molecule has 8 nitrogen and oxygen atoms in total. The number of anilines is 1. The number of aromatic nitrogens is 6. The van der Waals surface area contributed by atoms with Gasteiger partial charge >= 0.3 is 0 Å². The second kappa shape index (κ2) is 4.92. The molecule has 108 valence electrons. The minimum absolute atomic E-state index is 0.551. The third-order valence-electron chi connectivity index (χ3n) is 3.22. The summed E-state index contributed by atoms with van der Waals surface area (Å²) in [5.41, 5.74) is 5.30. The van der Waals surface area contributed by atoms with Crippen LogP contribution in [0.4, 0.5) is 5.82 Å². The van der Waals surface area contributed by atoms with Crippen LogP contribution >= 0.6 is 0 Å². The average Bonchev–Trinajstić information content (AvgIpc) is 3.13. The Morgan fingerprint density at radius 1 is 1.18 bits per heavy atom. The summed E-state index contributed by atoms with van der Waals surface area (Å²) in [7, 11) is 1.85. The van der Waals surface area contributed by atoms with Crippen LogP contribution in [0.5, 0.6) is 0 Å². The molecule has 3 heterocycles. The number of fused-ring (bicyclic) bond motifs is 3. The molecule has 3 aromatic heterocycles. The van der Waals surface area contributed by atoms with Gasteiger partial charge in [0, 0.05) is 13.2 Å². The molecule has 0 aliphatic carbocycles. The summed E-state index contributed by atoms with van der Waals surface area (Å²) in [6.07, 6.45) is 5.16. The Labute approximate surface area is 125 Å². The lowest BCUT2D eigenvalue weighted by molar-refractivity contribution is 0.779. The summed E-state index contributed by atoms with van der Waals surface area (Å²) in [5.74, 6) is 0.551. The first kappa shape index (κ1) is 12.5. The zero-order valence-corrected chi connectivity index (χ0v) is 11.7. The molecule has 0 aliphatic heterocycles. The number of hydrogen-bond acceptors (Lipinski definition) is 6. The first-order chi connectivity index (χ1) is 10.8. The Morgan fingerprint density at radius 2 is 2.05 bits per heavy atom. The van der Waals surface area contributed by atoms with E-state index in [4.69, 9.17) is 0 Å². The van der Waals surface area contributed by atoms with Crippen molar-refractivity contribution in [2.45, 2.75) is 0 Å². The van der Waals surface area contributed by atoms with Gasteiger partial charge in [0.1, 0.15) is 11.8 Å².